The molecule has 0 fully saturated rings. The van der Waals surface area contributed by atoms with Crippen molar-refractivity contribution in [1.82, 2.24) is 0 Å². The van der Waals surface area contributed by atoms with Gasteiger partial charge in [-0.15, -0.1) is 0 Å². The molecule has 0 amide bonds. The van der Waals surface area contributed by atoms with Crippen molar-refractivity contribution in [3.8, 4) is 0 Å². The van der Waals surface area contributed by atoms with Gasteiger partial charge >= 0.3 is 0 Å². The number of rotatable bonds is 1. The first kappa shape index (κ1) is 7.72. The highest BCUT2D eigenvalue weighted by Gasteiger charge is 2.22. The maximum Gasteiger partial charge on any atom is 0.0745 e. The number of aliphatic hydroxyl groups excluding tert-OH is 3. The van der Waals surface area contributed by atoms with E-state index in [-0.39, 0.29) is 12.5 Å². The summed E-state index contributed by atoms with van der Waals surface area (Å²) >= 11 is 0. The summed E-state index contributed by atoms with van der Waals surface area (Å²) in [5.41, 5.74) is 0. The monoisotopic (exact) mass is 144 g/mol. The summed E-state index contributed by atoms with van der Waals surface area (Å²) in [5, 5.41) is 26.8. The second-order valence-electron chi connectivity index (χ2n) is 2.60. The van der Waals surface area contributed by atoms with Crippen molar-refractivity contribution in [2.75, 3.05) is 6.61 Å². The van der Waals surface area contributed by atoms with Gasteiger partial charge in [0.15, 0.2) is 0 Å². The highest BCUT2D eigenvalue weighted by molar-refractivity contribution is 5.01. The fraction of sp³-hybridized carbons (Fsp3) is 0.714. The van der Waals surface area contributed by atoms with Crippen molar-refractivity contribution in [3.63, 3.8) is 0 Å². The van der Waals surface area contributed by atoms with Gasteiger partial charge in [0.05, 0.1) is 18.8 Å². The Balaban J connectivity index is 2.53. The summed E-state index contributed by atoms with van der Waals surface area (Å²) in [6.07, 6.45) is 2.46. The van der Waals surface area contributed by atoms with Crippen LogP contribution in [0.4, 0.5) is 0 Å². The maximum absolute atomic E-state index is 9.17. The van der Waals surface area contributed by atoms with E-state index >= 15 is 0 Å². The lowest BCUT2D eigenvalue weighted by Gasteiger charge is -2.23. The van der Waals surface area contributed by atoms with Gasteiger partial charge in [-0.25, -0.2) is 0 Å². The Bertz CT molecular complexity index is 133. The Hall–Kier alpha value is -0.380. The zero-order valence-corrected chi connectivity index (χ0v) is 5.64. The maximum atomic E-state index is 9.17. The highest BCUT2D eigenvalue weighted by Crippen LogP contribution is 2.17. The van der Waals surface area contributed by atoms with Crippen LogP contribution in [0, 0.1) is 5.92 Å². The molecule has 1 aliphatic rings. The topological polar surface area (TPSA) is 60.7 Å². The molecule has 0 aromatic carbocycles. The van der Waals surface area contributed by atoms with Crippen LogP contribution in [-0.2, 0) is 0 Å². The standard InChI is InChI=1S/C7H12O3/c8-4-5-1-2-6(9)3-7(5)10/h1-2,5-10H,3-4H2/t5-,6+,7+/m1/s1. The third-order valence-electron chi connectivity index (χ3n) is 1.77. The van der Waals surface area contributed by atoms with Crippen molar-refractivity contribution < 1.29 is 15.3 Å². The minimum Gasteiger partial charge on any atom is -0.396 e. The van der Waals surface area contributed by atoms with Gasteiger partial charge in [-0.05, 0) is 0 Å². The summed E-state index contributed by atoms with van der Waals surface area (Å²) in [6.45, 7) is -0.0512. The van der Waals surface area contributed by atoms with Crippen LogP contribution in [0.1, 0.15) is 6.42 Å². The summed E-state index contributed by atoms with van der Waals surface area (Å²) in [7, 11) is 0. The Morgan fingerprint density at radius 3 is 2.50 bits per heavy atom. The molecular formula is C7H12O3. The quantitative estimate of drug-likeness (QED) is 0.425. The van der Waals surface area contributed by atoms with E-state index in [2.05, 4.69) is 0 Å². The van der Waals surface area contributed by atoms with E-state index in [1.54, 1.807) is 12.2 Å². The van der Waals surface area contributed by atoms with Crippen LogP contribution in [0.2, 0.25) is 0 Å². The second-order valence-corrected chi connectivity index (χ2v) is 2.60. The van der Waals surface area contributed by atoms with Crippen molar-refractivity contribution in [1.29, 1.82) is 0 Å². The average molecular weight is 144 g/mol. The van der Waals surface area contributed by atoms with Crippen LogP contribution < -0.4 is 0 Å². The van der Waals surface area contributed by atoms with Crippen LogP contribution in [0.3, 0.4) is 0 Å². The van der Waals surface area contributed by atoms with Crippen molar-refractivity contribution in [2.24, 2.45) is 5.92 Å². The molecule has 0 radical (unpaired) electrons. The first-order valence-electron chi connectivity index (χ1n) is 3.39. The van der Waals surface area contributed by atoms with E-state index in [9.17, 15) is 0 Å². The van der Waals surface area contributed by atoms with E-state index in [4.69, 9.17) is 15.3 Å². The summed E-state index contributed by atoms with van der Waals surface area (Å²) in [5.74, 6) is -0.191. The first-order chi connectivity index (χ1) is 4.74. The Labute approximate surface area is 59.6 Å². The van der Waals surface area contributed by atoms with Gasteiger partial charge in [0.25, 0.3) is 0 Å². The predicted molar refractivity (Wildman–Crippen MR) is 36.3 cm³/mol. The minimum atomic E-state index is -0.593. The molecule has 3 N–H and O–H groups in total. The van der Waals surface area contributed by atoms with Crippen molar-refractivity contribution in [2.45, 2.75) is 18.6 Å². The van der Waals surface area contributed by atoms with Crippen molar-refractivity contribution in [3.05, 3.63) is 12.2 Å². The normalized spacial score (nSPS) is 40.1. The highest BCUT2D eigenvalue weighted by atomic mass is 16.3. The smallest absolute Gasteiger partial charge is 0.0745 e. The number of aliphatic hydroxyl groups is 3. The Morgan fingerprint density at radius 1 is 1.30 bits per heavy atom. The van der Waals surface area contributed by atoms with E-state index in [0.717, 1.165) is 0 Å². The summed E-state index contributed by atoms with van der Waals surface area (Å²) in [6, 6.07) is 0. The van der Waals surface area contributed by atoms with E-state index in [0.29, 0.717) is 6.42 Å². The van der Waals surface area contributed by atoms with Gasteiger partial charge in [0.2, 0.25) is 0 Å². The van der Waals surface area contributed by atoms with E-state index in [1.807, 2.05) is 0 Å². The van der Waals surface area contributed by atoms with Crippen LogP contribution >= 0.6 is 0 Å². The lowest BCUT2D eigenvalue weighted by Crippen LogP contribution is -2.29. The van der Waals surface area contributed by atoms with Crippen LogP contribution in [0.5, 0.6) is 0 Å². The zero-order chi connectivity index (χ0) is 7.56. The van der Waals surface area contributed by atoms with Gasteiger partial charge in [0.1, 0.15) is 0 Å². The van der Waals surface area contributed by atoms with Crippen LogP contribution in [0.25, 0.3) is 0 Å². The average Bonchev–Trinajstić information content (AvgIpc) is 1.88. The van der Waals surface area contributed by atoms with Gasteiger partial charge in [-0.1, -0.05) is 12.2 Å². The molecule has 1 aliphatic carbocycles. The summed E-state index contributed by atoms with van der Waals surface area (Å²) < 4.78 is 0. The molecule has 0 spiro atoms. The lowest BCUT2D eigenvalue weighted by atomic mass is 9.92. The molecule has 3 atom stereocenters. The van der Waals surface area contributed by atoms with Crippen LogP contribution in [0.15, 0.2) is 12.2 Å². The first-order valence-corrected chi connectivity index (χ1v) is 3.39. The van der Waals surface area contributed by atoms with Gasteiger partial charge in [0, 0.05) is 12.3 Å². The van der Waals surface area contributed by atoms with E-state index in [1.165, 1.54) is 0 Å². The summed E-state index contributed by atoms with van der Waals surface area (Å²) in [4.78, 5) is 0. The van der Waals surface area contributed by atoms with Gasteiger partial charge in [-0.2, -0.15) is 0 Å². The molecule has 0 saturated carbocycles. The molecule has 0 aromatic rings. The fourth-order valence-corrected chi connectivity index (χ4v) is 1.08. The molecule has 3 heteroatoms. The third-order valence-corrected chi connectivity index (χ3v) is 1.77. The zero-order valence-electron chi connectivity index (χ0n) is 5.64. The number of hydrogen-bond donors (Lipinski definition) is 3. The third kappa shape index (κ3) is 1.56. The molecule has 0 saturated heterocycles. The number of hydrogen-bond acceptors (Lipinski definition) is 3. The predicted octanol–water partition coefficient (Wildman–Crippen LogP) is -0.723. The molecule has 0 aliphatic heterocycles. The second kappa shape index (κ2) is 3.14. The largest absolute Gasteiger partial charge is 0.396 e. The molecule has 3 nitrogen and oxygen atoms in total. The molecule has 1 rings (SSSR count). The Morgan fingerprint density at radius 2 is 2.00 bits per heavy atom. The molecule has 0 aromatic heterocycles. The molecule has 0 bridgehead atoms. The molecule has 10 heavy (non-hydrogen) atoms. The minimum absolute atomic E-state index is 0.0512. The van der Waals surface area contributed by atoms with Gasteiger partial charge in [-0.3, -0.25) is 0 Å². The molecule has 0 heterocycles. The SMILES string of the molecule is OC[C@H]1C=C[C@H](O)C[C@@H]1O. The lowest BCUT2D eigenvalue weighted by molar-refractivity contribution is 0.0426. The van der Waals surface area contributed by atoms with Gasteiger partial charge < -0.3 is 15.3 Å². The molecule has 58 valence electrons. The molecule has 0 unspecified atom stereocenters. The Kier molecular flexibility index (Phi) is 2.43. The van der Waals surface area contributed by atoms with Crippen molar-refractivity contribution >= 4 is 0 Å². The van der Waals surface area contributed by atoms with Crippen LogP contribution in [-0.4, -0.2) is 34.1 Å². The fourth-order valence-electron chi connectivity index (χ4n) is 1.08. The molecular weight excluding hydrogens is 132 g/mol. The van der Waals surface area contributed by atoms with E-state index < -0.39 is 12.2 Å².